The molecule has 20 heavy (non-hydrogen) atoms. The van der Waals surface area contributed by atoms with Crippen LogP contribution in [0, 0.1) is 0 Å². The zero-order valence-corrected chi connectivity index (χ0v) is 10.5. The first-order valence-corrected chi connectivity index (χ1v) is 6.02. The smallest absolute Gasteiger partial charge is 0.256 e. The molecule has 2 heterocycles. The second-order valence-electron chi connectivity index (χ2n) is 4.18. The third-order valence-electron chi connectivity index (χ3n) is 2.91. The number of nitrogens with zero attached hydrogens (tertiary/aromatic N) is 3. The quantitative estimate of drug-likeness (QED) is 0.658. The minimum absolute atomic E-state index is 0.247. The van der Waals surface area contributed by atoms with Crippen LogP contribution in [0.15, 0.2) is 36.9 Å². The van der Waals surface area contributed by atoms with E-state index in [1.54, 1.807) is 12.1 Å². The lowest BCUT2D eigenvalue weighted by Crippen LogP contribution is -2.13. The van der Waals surface area contributed by atoms with Crippen LogP contribution in [0.2, 0.25) is 0 Å². The summed E-state index contributed by atoms with van der Waals surface area (Å²) >= 11 is 0. The van der Waals surface area contributed by atoms with Gasteiger partial charge in [-0.1, -0.05) is 12.1 Å². The van der Waals surface area contributed by atoms with Gasteiger partial charge in [-0.3, -0.25) is 4.79 Å². The molecule has 0 aliphatic heterocycles. The molecule has 0 spiro atoms. The Morgan fingerprint density at radius 2 is 2.00 bits per heavy atom. The standard InChI is InChI=1S/C13H12N6O/c14-5-8-1-3-9(4-2-8)13(20)19-12-10-11(16-6-15-10)17-7-18-12/h1-4,6-7H,5,14H2,(H2,15,16,17,18,19,20). The number of hydrogen-bond donors (Lipinski definition) is 3. The number of nitrogens with two attached hydrogens (primary N) is 1. The normalized spacial score (nSPS) is 10.7. The molecule has 0 aliphatic rings. The molecule has 3 rings (SSSR count). The second-order valence-corrected chi connectivity index (χ2v) is 4.18. The van der Waals surface area contributed by atoms with Gasteiger partial charge in [0.15, 0.2) is 11.5 Å². The summed E-state index contributed by atoms with van der Waals surface area (Å²) in [6.07, 6.45) is 2.86. The molecule has 0 aliphatic carbocycles. The van der Waals surface area contributed by atoms with Gasteiger partial charge in [0.25, 0.3) is 5.91 Å². The van der Waals surface area contributed by atoms with Gasteiger partial charge in [-0.05, 0) is 17.7 Å². The molecule has 0 saturated heterocycles. The number of nitrogens with one attached hydrogen (secondary N) is 2. The van der Waals surface area contributed by atoms with Crippen molar-refractivity contribution in [2.24, 2.45) is 5.73 Å². The zero-order valence-electron chi connectivity index (χ0n) is 10.5. The van der Waals surface area contributed by atoms with Crippen molar-refractivity contribution < 1.29 is 4.79 Å². The highest BCUT2D eigenvalue weighted by Crippen LogP contribution is 2.15. The van der Waals surface area contributed by atoms with E-state index in [4.69, 9.17) is 5.73 Å². The van der Waals surface area contributed by atoms with Crippen LogP contribution in [0.3, 0.4) is 0 Å². The molecule has 0 atom stereocenters. The third-order valence-corrected chi connectivity index (χ3v) is 2.91. The Balaban J connectivity index is 1.86. The molecular weight excluding hydrogens is 256 g/mol. The van der Waals surface area contributed by atoms with Gasteiger partial charge in [-0.15, -0.1) is 0 Å². The summed E-state index contributed by atoms with van der Waals surface area (Å²) in [5.41, 5.74) is 8.13. The molecule has 1 aromatic carbocycles. The maximum Gasteiger partial charge on any atom is 0.256 e. The van der Waals surface area contributed by atoms with E-state index in [-0.39, 0.29) is 5.91 Å². The molecule has 0 fully saturated rings. The summed E-state index contributed by atoms with van der Waals surface area (Å²) in [7, 11) is 0. The van der Waals surface area contributed by atoms with Crippen molar-refractivity contribution in [1.29, 1.82) is 0 Å². The lowest BCUT2D eigenvalue weighted by molar-refractivity contribution is 0.102. The van der Waals surface area contributed by atoms with Gasteiger partial charge in [-0.2, -0.15) is 0 Å². The summed E-state index contributed by atoms with van der Waals surface area (Å²) in [5.74, 6) is 0.156. The van der Waals surface area contributed by atoms with E-state index in [1.807, 2.05) is 12.1 Å². The molecule has 7 nitrogen and oxygen atoms in total. The SMILES string of the molecule is NCc1ccc(C(=O)Nc2ncnc3nc[nH]c23)cc1. The summed E-state index contributed by atoms with van der Waals surface area (Å²) in [6, 6.07) is 7.09. The minimum Gasteiger partial charge on any atom is -0.340 e. The highest BCUT2D eigenvalue weighted by atomic mass is 16.1. The Morgan fingerprint density at radius 3 is 2.75 bits per heavy atom. The first-order valence-electron chi connectivity index (χ1n) is 6.02. The van der Waals surface area contributed by atoms with E-state index in [9.17, 15) is 4.79 Å². The number of carbonyl (C=O) groups excluding carboxylic acids is 1. The van der Waals surface area contributed by atoms with Gasteiger partial charge in [0, 0.05) is 12.1 Å². The number of hydrogen-bond acceptors (Lipinski definition) is 5. The van der Waals surface area contributed by atoms with Crippen molar-refractivity contribution in [2.75, 3.05) is 5.32 Å². The molecule has 0 unspecified atom stereocenters. The van der Waals surface area contributed by atoms with E-state index < -0.39 is 0 Å². The van der Waals surface area contributed by atoms with Crippen molar-refractivity contribution in [1.82, 2.24) is 19.9 Å². The number of H-pyrrole nitrogens is 1. The number of benzene rings is 1. The monoisotopic (exact) mass is 268 g/mol. The molecule has 0 radical (unpaired) electrons. The van der Waals surface area contributed by atoms with Crippen LogP contribution in [-0.4, -0.2) is 25.8 Å². The summed E-state index contributed by atoms with van der Waals surface area (Å²) in [4.78, 5) is 27.1. The number of rotatable bonds is 3. The Hall–Kier alpha value is -2.80. The summed E-state index contributed by atoms with van der Waals surface area (Å²) in [6.45, 7) is 0.447. The lowest BCUT2D eigenvalue weighted by atomic mass is 10.1. The van der Waals surface area contributed by atoms with Gasteiger partial charge in [0.1, 0.15) is 11.8 Å². The van der Waals surface area contributed by atoms with E-state index in [1.165, 1.54) is 12.7 Å². The number of aromatic nitrogens is 4. The molecule has 1 amide bonds. The second kappa shape index (κ2) is 5.06. The van der Waals surface area contributed by atoms with Crippen LogP contribution in [0.25, 0.3) is 11.2 Å². The van der Waals surface area contributed by atoms with Crippen LogP contribution in [0.4, 0.5) is 5.82 Å². The molecule has 0 bridgehead atoms. The Labute approximate surface area is 114 Å². The third kappa shape index (κ3) is 2.21. The fourth-order valence-electron chi connectivity index (χ4n) is 1.83. The van der Waals surface area contributed by atoms with Crippen LogP contribution >= 0.6 is 0 Å². The fourth-order valence-corrected chi connectivity index (χ4v) is 1.83. The van der Waals surface area contributed by atoms with Crippen LogP contribution in [0.5, 0.6) is 0 Å². The van der Waals surface area contributed by atoms with Crippen molar-refractivity contribution in [3.8, 4) is 0 Å². The van der Waals surface area contributed by atoms with Crippen LogP contribution in [-0.2, 0) is 6.54 Å². The average Bonchev–Trinajstić information content (AvgIpc) is 2.97. The Morgan fingerprint density at radius 1 is 1.20 bits per heavy atom. The van der Waals surface area contributed by atoms with Gasteiger partial charge in [-0.25, -0.2) is 15.0 Å². The molecule has 3 aromatic rings. The van der Waals surface area contributed by atoms with Crippen molar-refractivity contribution in [3.05, 3.63) is 48.0 Å². The number of aromatic amines is 1. The lowest BCUT2D eigenvalue weighted by Gasteiger charge is -2.05. The van der Waals surface area contributed by atoms with Crippen molar-refractivity contribution in [3.63, 3.8) is 0 Å². The van der Waals surface area contributed by atoms with Crippen molar-refractivity contribution >= 4 is 22.9 Å². The topological polar surface area (TPSA) is 110 Å². The van der Waals surface area contributed by atoms with E-state index in [2.05, 4.69) is 25.3 Å². The molecular formula is C13H12N6O. The van der Waals surface area contributed by atoms with E-state index in [0.29, 0.717) is 29.1 Å². The summed E-state index contributed by atoms with van der Waals surface area (Å²) in [5, 5.41) is 2.73. The Kier molecular flexibility index (Phi) is 3.10. The van der Waals surface area contributed by atoms with Gasteiger partial charge in [0.05, 0.1) is 6.33 Å². The Bertz CT molecular complexity index is 749. The minimum atomic E-state index is -0.247. The highest BCUT2D eigenvalue weighted by Gasteiger charge is 2.11. The molecule has 7 heteroatoms. The van der Waals surface area contributed by atoms with Crippen LogP contribution < -0.4 is 11.1 Å². The number of imidazole rings is 1. The van der Waals surface area contributed by atoms with Gasteiger partial charge < -0.3 is 16.0 Å². The summed E-state index contributed by atoms with van der Waals surface area (Å²) < 4.78 is 0. The van der Waals surface area contributed by atoms with E-state index >= 15 is 0 Å². The number of carbonyl (C=O) groups is 1. The molecule has 0 saturated carbocycles. The number of anilines is 1. The predicted octanol–water partition coefficient (Wildman–Crippen LogP) is 1.06. The number of amides is 1. The largest absolute Gasteiger partial charge is 0.340 e. The van der Waals surface area contributed by atoms with Crippen molar-refractivity contribution in [2.45, 2.75) is 6.54 Å². The van der Waals surface area contributed by atoms with Gasteiger partial charge in [0.2, 0.25) is 0 Å². The molecule has 4 N–H and O–H groups in total. The zero-order chi connectivity index (χ0) is 13.9. The van der Waals surface area contributed by atoms with E-state index in [0.717, 1.165) is 5.56 Å². The number of fused-ring (bicyclic) bond motifs is 1. The maximum absolute atomic E-state index is 12.1. The fraction of sp³-hybridized carbons (Fsp3) is 0.0769. The first kappa shape index (κ1) is 12.2. The first-order chi connectivity index (χ1) is 9.78. The van der Waals surface area contributed by atoms with Crippen LogP contribution in [0.1, 0.15) is 15.9 Å². The average molecular weight is 268 g/mol. The van der Waals surface area contributed by atoms with Gasteiger partial charge >= 0.3 is 0 Å². The predicted molar refractivity (Wildman–Crippen MR) is 74.0 cm³/mol. The molecule has 100 valence electrons. The molecule has 2 aromatic heterocycles. The maximum atomic E-state index is 12.1. The highest BCUT2D eigenvalue weighted by molar-refractivity contribution is 6.06.